The number of allylic oxidation sites excluding steroid dienone is 21. The minimum absolute atomic E-state index is 0.0956. The number of ether oxygens (including phenoxy) is 3. The highest BCUT2D eigenvalue weighted by molar-refractivity contribution is 5.80. The highest BCUT2D eigenvalue weighted by Crippen LogP contribution is 2.26. The number of carbonyl (C=O) groups is 2. The van der Waals surface area contributed by atoms with Crippen molar-refractivity contribution in [1.82, 2.24) is 5.32 Å². The lowest BCUT2D eigenvalue weighted by molar-refractivity contribution is -0.305. The zero-order valence-corrected chi connectivity index (χ0v) is 50.8. The Morgan fingerprint density at radius 3 is 1.33 bits per heavy atom. The van der Waals surface area contributed by atoms with Gasteiger partial charge in [0.1, 0.15) is 24.4 Å². The molecule has 8 atom stereocenters. The van der Waals surface area contributed by atoms with E-state index < -0.39 is 67.4 Å². The third kappa shape index (κ3) is 44.1. The zero-order chi connectivity index (χ0) is 58.9. The molecular weight excluding hydrogens is 1010 g/mol. The molecule has 1 saturated heterocycles. The van der Waals surface area contributed by atoms with E-state index >= 15 is 0 Å². The van der Waals surface area contributed by atoms with Crippen LogP contribution in [0.4, 0.5) is 0 Å². The fraction of sp³-hybridized carbons (Fsp3) is 0.657. The zero-order valence-electron chi connectivity index (χ0n) is 50.8. The number of rotatable bonds is 52. The summed E-state index contributed by atoms with van der Waals surface area (Å²) in [6, 6.07) is -1.07. The Hall–Kier alpha value is -4.20. The van der Waals surface area contributed by atoms with Crippen LogP contribution in [0.2, 0.25) is 0 Å². The molecule has 460 valence electrons. The number of hydrogen-bond donors (Lipinski definition) is 6. The van der Waals surface area contributed by atoms with Crippen molar-refractivity contribution in [2.24, 2.45) is 0 Å². The molecule has 0 bridgehead atoms. The summed E-state index contributed by atoms with van der Waals surface area (Å²) in [6.45, 7) is 5.51. The van der Waals surface area contributed by atoms with Crippen molar-refractivity contribution in [2.45, 2.75) is 282 Å². The fourth-order valence-electron chi connectivity index (χ4n) is 9.06. The monoisotopic (exact) mass is 1130 g/mol. The van der Waals surface area contributed by atoms with Gasteiger partial charge in [-0.1, -0.05) is 251 Å². The summed E-state index contributed by atoms with van der Waals surface area (Å²) in [5, 5.41) is 57.0. The molecule has 1 fully saturated rings. The number of carbonyl (C=O) groups excluding carboxylic acids is 2. The van der Waals surface area contributed by atoms with E-state index in [1.54, 1.807) is 6.08 Å². The first kappa shape index (κ1) is 74.8. The smallest absolute Gasteiger partial charge is 0.306 e. The first-order chi connectivity index (χ1) is 39.7. The van der Waals surface area contributed by atoms with Gasteiger partial charge in [0, 0.05) is 6.42 Å². The van der Waals surface area contributed by atoms with E-state index in [9.17, 15) is 35.1 Å². The average molecular weight is 1130 g/mol. The predicted octanol–water partition coefficient (Wildman–Crippen LogP) is 15.6. The Labute approximate surface area is 493 Å². The fourth-order valence-corrected chi connectivity index (χ4v) is 9.06. The first-order valence-corrected chi connectivity index (χ1v) is 32.0. The highest BCUT2D eigenvalue weighted by atomic mass is 16.7. The lowest BCUT2D eigenvalue weighted by atomic mass is 9.99. The summed E-state index contributed by atoms with van der Waals surface area (Å²) >= 11 is 0. The molecule has 81 heavy (non-hydrogen) atoms. The second kappa shape index (κ2) is 56.3. The molecule has 0 aromatic carbocycles. The normalized spacial score (nSPS) is 19.6. The van der Waals surface area contributed by atoms with Crippen LogP contribution in [-0.2, 0) is 23.8 Å². The second-order valence-electron chi connectivity index (χ2n) is 21.4. The summed E-state index contributed by atoms with van der Waals surface area (Å²) in [5.74, 6) is -1.28. The van der Waals surface area contributed by atoms with Gasteiger partial charge in [-0.15, -0.1) is 0 Å². The largest absolute Gasteiger partial charge is 0.454 e. The van der Waals surface area contributed by atoms with Crippen LogP contribution in [0.3, 0.4) is 0 Å². The number of esters is 1. The summed E-state index contributed by atoms with van der Waals surface area (Å²) < 4.78 is 17.6. The van der Waals surface area contributed by atoms with E-state index in [1.807, 2.05) is 18.2 Å². The molecule has 11 heteroatoms. The molecule has 0 aromatic heterocycles. The Morgan fingerprint density at radius 1 is 0.494 bits per heavy atom. The van der Waals surface area contributed by atoms with Crippen LogP contribution in [0.1, 0.15) is 233 Å². The lowest BCUT2D eigenvalue weighted by Gasteiger charge is -2.41. The first-order valence-electron chi connectivity index (χ1n) is 32.0. The summed E-state index contributed by atoms with van der Waals surface area (Å²) in [6.07, 6.45) is 69.2. The molecule has 1 aliphatic rings. The van der Waals surface area contributed by atoms with Crippen LogP contribution < -0.4 is 5.32 Å². The van der Waals surface area contributed by atoms with Gasteiger partial charge in [-0.25, -0.2) is 0 Å². The van der Waals surface area contributed by atoms with Crippen molar-refractivity contribution in [3.63, 3.8) is 0 Å². The molecule has 6 N–H and O–H groups in total. The van der Waals surface area contributed by atoms with Crippen molar-refractivity contribution >= 4 is 11.9 Å². The Kier molecular flexibility index (Phi) is 52.0. The van der Waals surface area contributed by atoms with E-state index in [0.29, 0.717) is 12.8 Å². The van der Waals surface area contributed by atoms with Crippen molar-refractivity contribution in [1.29, 1.82) is 0 Å². The van der Waals surface area contributed by atoms with Gasteiger partial charge in [-0.05, 0) is 109 Å². The highest BCUT2D eigenvalue weighted by Gasteiger charge is 2.47. The van der Waals surface area contributed by atoms with Crippen LogP contribution in [0, 0.1) is 0 Å². The molecule has 0 spiro atoms. The number of unbranched alkanes of at least 4 members (excludes halogenated alkanes) is 18. The summed E-state index contributed by atoms with van der Waals surface area (Å²) in [5.41, 5.74) is 0. The summed E-state index contributed by atoms with van der Waals surface area (Å²) in [7, 11) is 0. The van der Waals surface area contributed by atoms with Gasteiger partial charge in [-0.2, -0.15) is 0 Å². The van der Waals surface area contributed by atoms with Crippen LogP contribution in [0.25, 0.3) is 0 Å². The maximum atomic E-state index is 13.4. The molecular formula is C70H115NO10. The van der Waals surface area contributed by atoms with Crippen LogP contribution in [0.5, 0.6) is 0 Å². The molecule has 11 nitrogen and oxygen atoms in total. The van der Waals surface area contributed by atoms with E-state index in [-0.39, 0.29) is 19.4 Å². The van der Waals surface area contributed by atoms with Gasteiger partial charge in [0.05, 0.1) is 25.4 Å². The van der Waals surface area contributed by atoms with E-state index in [0.717, 1.165) is 135 Å². The second-order valence-corrected chi connectivity index (χ2v) is 21.4. The molecule has 0 radical (unpaired) electrons. The standard InChI is InChI=1S/C70H115NO10/c1-4-7-10-13-16-19-22-25-27-29-30-31-32-33-34-35-37-40-43-46-49-52-55-58-65(75)81-68-67(77)66(76)64(59-72)80-70(68)79-60-61(62(73)56-53-50-47-44-41-38-24-21-18-15-12-9-6-3)71-69(78)63(74)57-54-51-48-45-42-39-36-28-26-23-20-17-14-11-8-5-2/h7-8,10-11,16-17,19-20,25-28,30-31,33-34,39,42,48,51,53,56,61-64,66-68,70,72-74,76-77H,4-6,9,12-15,18,21-24,29,32,35-38,40-41,43-47,49-50,52,54-55,57-60H2,1-3H3,(H,71,78)/b10-7-,11-8-,19-16-,20-17-,27-25-,28-26-,31-30-,34-33-,42-39-,51-48-,56-53+. The minimum Gasteiger partial charge on any atom is -0.454 e. The molecule has 0 aromatic rings. The van der Waals surface area contributed by atoms with Crippen LogP contribution in [0.15, 0.2) is 134 Å². The van der Waals surface area contributed by atoms with Gasteiger partial charge in [0.25, 0.3) is 0 Å². The molecule has 1 heterocycles. The quantitative estimate of drug-likeness (QED) is 0.0195. The van der Waals surface area contributed by atoms with Crippen molar-refractivity contribution in [3.8, 4) is 0 Å². The number of hydrogen-bond acceptors (Lipinski definition) is 10. The number of aliphatic hydroxyl groups excluding tert-OH is 5. The van der Waals surface area contributed by atoms with Gasteiger partial charge in [-0.3, -0.25) is 9.59 Å². The third-order valence-corrected chi connectivity index (χ3v) is 14.1. The van der Waals surface area contributed by atoms with E-state index in [2.05, 4.69) is 135 Å². The Balaban J connectivity index is 2.70. The molecule has 1 rings (SSSR count). The lowest BCUT2D eigenvalue weighted by Crippen LogP contribution is -2.61. The van der Waals surface area contributed by atoms with Gasteiger partial charge in [0.15, 0.2) is 12.4 Å². The van der Waals surface area contributed by atoms with E-state index in [1.165, 1.54) is 51.4 Å². The van der Waals surface area contributed by atoms with Crippen LogP contribution >= 0.6 is 0 Å². The average Bonchev–Trinajstić information content (AvgIpc) is 3.53. The van der Waals surface area contributed by atoms with E-state index in [4.69, 9.17) is 14.2 Å². The molecule has 1 aliphatic heterocycles. The number of nitrogens with one attached hydrogen (secondary N) is 1. The molecule has 0 saturated carbocycles. The predicted molar refractivity (Wildman–Crippen MR) is 337 cm³/mol. The van der Waals surface area contributed by atoms with Crippen molar-refractivity contribution in [3.05, 3.63) is 134 Å². The SMILES string of the molecule is CC/C=C\C/C=C\C/C=C\C/C=C\C/C=C\CCCCCCCCCC(=O)OC1C(OCC(NC(=O)C(O)CC/C=C\C/C=C\C/C=C\C/C=C\C/C=C\CC)C(O)/C=C/CCCCCCCCCCCCC)OC(CO)C(O)C1O. The third-order valence-electron chi connectivity index (χ3n) is 14.1. The number of aliphatic hydroxyl groups is 5. The maximum absolute atomic E-state index is 13.4. The Bertz CT molecular complexity index is 1830. The molecule has 8 unspecified atom stereocenters. The van der Waals surface area contributed by atoms with Crippen molar-refractivity contribution < 1.29 is 49.3 Å². The minimum atomic E-state index is -1.64. The summed E-state index contributed by atoms with van der Waals surface area (Å²) in [4.78, 5) is 26.6. The molecule has 0 aliphatic carbocycles. The van der Waals surface area contributed by atoms with Crippen LogP contribution in [-0.4, -0.2) is 99.6 Å². The van der Waals surface area contributed by atoms with Crippen molar-refractivity contribution in [2.75, 3.05) is 13.2 Å². The maximum Gasteiger partial charge on any atom is 0.306 e. The van der Waals surface area contributed by atoms with Gasteiger partial charge in [0.2, 0.25) is 5.91 Å². The van der Waals surface area contributed by atoms with Gasteiger partial charge < -0.3 is 45.1 Å². The number of amides is 1. The topological polar surface area (TPSA) is 175 Å². The Morgan fingerprint density at radius 2 is 0.889 bits per heavy atom. The van der Waals surface area contributed by atoms with Gasteiger partial charge >= 0.3 is 5.97 Å². The molecule has 1 amide bonds.